The zero-order valence-corrected chi connectivity index (χ0v) is 16.3. The molecule has 0 amide bonds. The molecule has 3 heteroatoms. The lowest BCUT2D eigenvalue weighted by Crippen LogP contribution is -2.12. The third-order valence-electron chi connectivity index (χ3n) is 4.43. The van der Waals surface area contributed by atoms with Crippen LogP contribution in [0.25, 0.3) is 0 Å². The van der Waals surface area contributed by atoms with Crippen molar-refractivity contribution < 1.29 is 10.2 Å². The second-order valence-corrected chi connectivity index (χ2v) is 8.59. The highest BCUT2D eigenvalue weighted by Crippen LogP contribution is 2.34. The second kappa shape index (κ2) is 7.10. The Morgan fingerprint density at radius 1 is 0.750 bits per heavy atom. The zero-order chi connectivity index (χ0) is 18.1. The van der Waals surface area contributed by atoms with Gasteiger partial charge >= 0.3 is 0 Å². The fourth-order valence-electron chi connectivity index (χ4n) is 2.78. The summed E-state index contributed by atoms with van der Waals surface area (Å²) in [5.41, 5.74) is 6.66. The van der Waals surface area contributed by atoms with E-state index in [0.717, 1.165) is 33.8 Å². The highest BCUT2D eigenvalue weighted by atomic mass is 32.2. The van der Waals surface area contributed by atoms with Gasteiger partial charge in [-0.3, -0.25) is 0 Å². The van der Waals surface area contributed by atoms with Crippen LogP contribution in [0.3, 0.4) is 0 Å². The molecule has 2 aromatic carbocycles. The summed E-state index contributed by atoms with van der Waals surface area (Å²) in [6, 6.07) is 7.94. The Kier molecular flexibility index (Phi) is 5.54. The molecule has 0 unspecified atom stereocenters. The third-order valence-corrected chi connectivity index (χ3v) is 5.46. The molecular weight excluding hydrogens is 316 g/mol. The van der Waals surface area contributed by atoms with Crippen molar-refractivity contribution in [2.24, 2.45) is 0 Å². The lowest BCUT2D eigenvalue weighted by atomic mass is 9.84. The van der Waals surface area contributed by atoms with Crippen LogP contribution in [0.15, 0.2) is 24.3 Å². The summed E-state index contributed by atoms with van der Waals surface area (Å²) < 4.78 is 0. The molecule has 0 saturated carbocycles. The number of hydrogen-bond acceptors (Lipinski definition) is 3. The number of phenols is 2. The van der Waals surface area contributed by atoms with E-state index in [1.165, 1.54) is 11.1 Å². The van der Waals surface area contributed by atoms with Crippen LogP contribution in [0.4, 0.5) is 0 Å². The third kappa shape index (κ3) is 4.27. The van der Waals surface area contributed by atoms with E-state index in [9.17, 15) is 10.2 Å². The van der Waals surface area contributed by atoms with Gasteiger partial charge < -0.3 is 10.2 Å². The van der Waals surface area contributed by atoms with E-state index < -0.39 is 0 Å². The molecule has 0 aliphatic carbocycles. The molecule has 0 aliphatic heterocycles. The molecule has 0 aromatic heterocycles. The van der Waals surface area contributed by atoms with Crippen molar-refractivity contribution >= 4 is 11.8 Å². The van der Waals surface area contributed by atoms with Gasteiger partial charge in [0.15, 0.2) is 0 Å². The summed E-state index contributed by atoms with van der Waals surface area (Å²) in [7, 11) is 0. The van der Waals surface area contributed by atoms with Gasteiger partial charge in [-0.2, -0.15) is 11.8 Å². The van der Waals surface area contributed by atoms with Crippen LogP contribution >= 0.6 is 11.8 Å². The van der Waals surface area contributed by atoms with Crippen LogP contribution in [0.5, 0.6) is 11.5 Å². The average molecular weight is 345 g/mol. The standard InChI is InChI=1S/C21H28O2S/c1-13-8-19(22)15(3)7-16(13)11-24-12-17-10-18(21(4,5)6)20(23)9-14(17)2/h7-10,22-23H,11-12H2,1-6H3. The monoisotopic (exact) mass is 344 g/mol. The summed E-state index contributed by atoms with van der Waals surface area (Å²) in [4.78, 5) is 0. The van der Waals surface area contributed by atoms with E-state index in [1.54, 1.807) is 0 Å². The van der Waals surface area contributed by atoms with Gasteiger partial charge in [-0.25, -0.2) is 0 Å². The van der Waals surface area contributed by atoms with Crippen LogP contribution in [0.2, 0.25) is 0 Å². The van der Waals surface area contributed by atoms with Crippen molar-refractivity contribution in [1.82, 2.24) is 0 Å². The molecule has 0 fully saturated rings. The van der Waals surface area contributed by atoms with Crippen molar-refractivity contribution in [3.8, 4) is 11.5 Å². The van der Waals surface area contributed by atoms with Crippen LogP contribution < -0.4 is 0 Å². The Morgan fingerprint density at radius 2 is 1.25 bits per heavy atom. The molecule has 0 heterocycles. The quantitative estimate of drug-likeness (QED) is 0.741. The van der Waals surface area contributed by atoms with E-state index in [2.05, 4.69) is 39.8 Å². The molecule has 0 saturated heterocycles. The molecule has 0 spiro atoms. The van der Waals surface area contributed by atoms with E-state index in [-0.39, 0.29) is 5.41 Å². The van der Waals surface area contributed by atoms with E-state index in [4.69, 9.17) is 0 Å². The average Bonchev–Trinajstić information content (AvgIpc) is 2.45. The van der Waals surface area contributed by atoms with Crippen LogP contribution in [-0.4, -0.2) is 10.2 Å². The summed E-state index contributed by atoms with van der Waals surface area (Å²) in [5.74, 6) is 2.58. The molecule has 0 atom stereocenters. The van der Waals surface area contributed by atoms with Crippen LogP contribution in [0.1, 0.15) is 54.2 Å². The molecule has 0 aliphatic rings. The lowest BCUT2D eigenvalue weighted by molar-refractivity contribution is 0.446. The first-order chi connectivity index (χ1) is 11.1. The fraction of sp³-hybridized carbons (Fsp3) is 0.429. The molecular formula is C21H28O2S. The number of thioether (sulfide) groups is 1. The summed E-state index contributed by atoms with van der Waals surface area (Å²) in [6.45, 7) is 12.4. The molecule has 24 heavy (non-hydrogen) atoms. The Hall–Kier alpha value is -1.61. The van der Waals surface area contributed by atoms with Crippen molar-refractivity contribution in [2.45, 2.75) is 58.5 Å². The highest BCUT2D eigenvalue weighted by Gasteiger charge is 2.19. The van der Waals surface area contributed by atoms with Gasteiger partial charge in [0, 0.05) is 11.5 Å². The van der Waals surface area contributed by atoms with E-state index in [0.29, 0.717) is 11.5 Å². The summed E-state index contributed by atoms with van der Waals surface area (Å²) in [6.07, 6.45) is 0. The summed E-state index contributed by atoms with van der Waals surface area (Å²) >= 11 is 1.86. The van der Waals surface area contributed by atoms with Gasteiger partial charge in [-0.05, 0) is 71.7 Å². The first kappa shape index (κ1) is 18.7. The minimum Gasteiger partial charge on any atom is -0.508 e. The van der Waals surface area contributed by atoms with Gasteiger partial charge in [-0.1, -0.05) is 32.9 Å². The van der Waals surface area contributed by atoms with Gasteiger partial charge in [0.1, 0.15) is 11.5 Å². The van der Waals surface area contributed by atoms with Gasteiger partial charge in [-0.15, -0.1) is 0 Å². The molecule has 2 nitrogen and oxygen atoms in total. The molecule has 0 radical (unpaired) electrons. The topological polar surface area (TPSA) is 40.5 Å². The largest absolute Gasteiger partial charge is 0.508 e. The van der Waals surface area contributed by atoms with Gasteiger partial charge in [0.25, 0.3) is 0 Å². The Balaban J connectivity index is 2.14. The maximum atomic E-state index is 10.2. The minimum atomic E-state index is -0.0676. The minimum absolute atomic E-state index is 0.0676. The number of rotatable bonds is 4. The number of aromatic hydroxyl groups is 2. The maximum absolute atomic E-state index is 10.2. The number of hydrogen-bond donors (Lipinski definition) is 2. The van der Waals surface area contributed by atoms with E-state index >= 15 is 0 Å². The Labute approximate surface area is 149 Å². The maximum Gasteiger partial charge on any atom is 0.119 e. The van der Waals surface area contributed by atoms with Crippen molar-refractivity contribution in [1.29, 1.82) is 0 Å². The molecule has 0 bridgehead atoms. The lowest BCUT2D eigenvalue weighted by Gasteiger charge is -2.22. The predicted octanol–water partition coefficient (Wildman–Crippen LogP) is 5.75. The number of aryl methyl sites for hydroxylation is 3. The SMILES string of the molecule is Cc1cc(CSCc2cc(C(C)(C)C)c(O)cc2C)c(C)cc1O. The Bertz CT molecular complexity index is 742. The second-order valence-electron chi connectivity index (χ2n) is 7.60. The van der Waals surface area contributed by atoms with Crippen molar-refractivity contribution in [2.75, 3.05) is 0 Å². The first-order valence-electron chi connectivity index (χ1n) is 8.29. The molecule has 130 valence electrons. The summed E-state index contributed by atoms with van der Waals surface area (Å²) in [5, 5.41) is 20.0. The van der Waals surface area contributed by atoms with Crippen molar-refractivity contribution in [3.05, 3.63) is 57.6 Å². The first-order valence-corrected chi connectivity index (χ1v) is 9.45. The normalized spacial score (nSPS) is 11.8. The molecule has 2 aromatic rings. The predicted molar refractivity (Wildman–Crippen MR) is 104 cm³/mol. The van der Waals surface area contributed by atoms with Gasteiger partial charge in [0.05, 0.1) is 0 Å². The van der Waals surface area contributed by atoms with E-state index in [1.807, 2.05) is 37.7 Å². The number of benzene rings is 2. The van der Waals surface area contributed by atoms with Crippen LogP contribution in [-0.2, 0) is 16.9 Å². The van der Waals surface area contributed by atoms with Gasteiger partial charge in [0.2, 0.25) is 0 Å². The van der Waals surface area contributed by atoms with Crippen molar-refractivity contribution in [3.63, 3.8) is 0 Å². The zero-order valence-electron chi connectivity index (χ0n) is 15.5. The Morgan fingerprint density at radius 3 is 1.79 bits per heavy atom. The molecule has 2 N–H and O–H groups in total. The fourth-order valence-corrected chi connectivity index (χ4v) is 3.94. The molecule has 2 rings (SSSR count). The van der Waals surface area contributed by atoms with Crippen LogP contribution in [0, 0.1) is 20.8 Å². The number of phenolic OH excluding ortho intramolecular Hbond substituents is 2. The smallest absolute Gasteiger partial charge is 0.119 e. The highest BCUT2D eigenvalue weighted by molar-refractivity contribution is 7.97.